The Hall–Kier alpha value is -2.31. The Morgan fingerprint density at radius 1 is 1.05 bits per heavy atom. The van der Waals surface area contributed by atoms with Gasteiger partial charge in [0, 0.05) is 23.7 Å². The standard InChI is InChI=1S/C18H20N2O/c1-14(2)20-12-16-8-5-6-10-18(16)21-13-17-9-4-3-7-15(17)11-19/h3-10,14,20H,12-13H2,1-2H3. The zero-order valence-corrected chi connectivity index (χ0v) is 12.5. The molecule has 0 aliphatic carbocycles. The van der Waals surface area contributed by atoms with Gasteiger partial charge in [-0.1, -0.05) is 50.2 Å². The second kappa shape index (κ2) is 7.47. The van der Waals surface area contributed by atoms with E-state index in [1.165, 1.54) is 0 Å². The second-order valence-corrected chi connectivity index (χ2v) is 5.20. The highest BCUT2D eigenvalue weighted by Crippen LogP contribution is 2.20. The van der Waals surface area contributed by atoms with Crippen LogP contribution in [0.25, 0.3) is 0 Å². The van der Waals surface area contributed by atoms with Crippen molar-refractivity contribution in [2.75, 3.05) is 0 Å². The third-order valence-corrected chi connectivity index (χ3v) is 3.19. The predicted molar refractivity (Wildman–Crippen MR) is 83.9 cm³/mol. The molecule has 0 amide bonds. The zero-order valence-electron chi connectivity index (χ0n) is 12.5. The van der Waals surface area contributed by atoms with Gasteiger partial charge in [0.15, 0.2) is 0 Å². The molecule has 0 bridgehead atoms. The summed E-state index contributed by atoms with van der Waals surface area (Å²) in [5.74, 6) is 0.860. The molecule has 0 aliphatic heterocycles. The first-order valence-electron chi connectivity index (χ1n) is 7.13. The molecular weight excluding hydrogens is 260 g/mol. The molecule has 2 aromatic rings. The summed E-state index contributed by atoms with van der Waals surface area (Å²) in [5, 5.41) is 12.5. The van der Waals surface area contributed by atoms with Crippen LogP contribution in [0.1, 0.15) is 30.5 Å². The van der Waals surface area contributed by atoms with E-state index in [4.69, 9.17) is 10.00 Å². The second-order valence-electron chi connectivity index (χ2n) is 5.20. The lowest BCUT2D eigenvalue weighted by atomic mass is 10.1. The highest BCUT2D eigenvalue weighted by Gasteiger charge is 2.06. The summed E-state index contributed by atoms with van der Waals surface area (Å²) in [5.41, 5.74) is 2.70. The first-order chi connectivity index (χ1) is 10.2. The Morgan fingerprint density at radius 2 is 1.71 bits per heavy atom. The molecule has 0 radical (unpaired) electrons. The van der Waals surface area contributed by atoms with Crippen LogP contribution in [0.4, 0.5) is 0 Å². The maximum atomic E-state index is 9.10. The average Bonchev–Trinajstić information content (AvgIpc) is 2.51. The van der Waals surface area contributed by atoms with Crippen LogP contribution in [0.5, 0.6) is 5.75 Å². The summed E-state index contributed by atoms with van der Waals surface area (Å²) >= 11 is 0. The van der Waals surface area contributed by atoms with Crippen molar-refractivity contribution in [2.24, 2.45) is 0 Å². The fraction of sp³-hybridized carbons (Fsp3) is 0.278. The smallest absolute Gasteiger partial charge is 0.124 e. The topological polar surface area (TPSA) is 45.0 Å². The van der Waals surface area contributed by atoms with Crippen LogP contribution in [0.15, 0.2) is 48.5 Å². The number of hydrogen-bond acceptors (Lipinski definition) is 3. The van der Waals surface area contributed by atoms with E-state index in [1.807, 2.05) is 42.5 Å². The Morgan fingerprint density at radius 3 is 2.43 bits per heavy atom. The molecule has 3 nitrogen and oxygen atoms in total. The third-order valence-electron chi connectivity index (χ3n) is 3.19. The summed E-state index contributed by atoms with van der Waals surface area (Å²) in [4.78, 5) is 0. The van der Waals surface area contributed by atoms with Crippen molar-refractivity contribution in [3.05, 3.63) is 65.2 Å². The Kier molecular flexibility index (Phi) is 5.36. The van der Waals surface area contributed by atoms with E-state index in [2.05, 4.69) is 31.3 Å². The molecule has 1 N–H and O–H groups in total. The third kappa shape index (κ3) is 4.34. The number of ether oxygens (including phenoxy) is 1. The van der Waals surface area contributed by atoms with Gasteiger partial charge in [0.25, 0.3) is 0 Å². The van der Waals surface area contributed by atoms with E-state index in [1.54, 1.807) is 0 Å². The molecule has 2 rings (SSSR count). The molecule has 0 saturated carbocycles. The van der Waals surface area contributed by atoms with Crippen molar-refractivity contribution in [2.45, 2.75) is 33.0 Å². The van der Waals surface area contributed by atoms with E-state index < -0.39 is 0 Å². The molecule has 0 fully saturated rings. The predicted octanol–water partition coefficient (Wildman–Crippen LogP) is 3.64. The summed E-state index contributed by atoms with van der Waals surface area (Å²) in [6, 6.07) is 18.1. The highest BCUT2D eigenvalue weighted by atomic mass is 16.5. The molecule has 0 heterocycles. The van der Waals surface area contributed by atoms with Gasteiger partial charge in [-0.05, 0) is 12.1 Å². The molecule has 3 heteroatoms. The van der Waals surface area contributed by atoms with Crippen LogP contribution in [-0.4, -0.2) is 6.04 Å². The molecule has 0 atom stereocenters. The molecule has 0 aliphatic rings. The quantitative estimate of drug-likeness (QED) is 0.878. The molecule has 0 unspecified atom stereocenters. The van der Waals surface area contributed by atoms with Crippen LogP contribution in [0, 0.1) is 11.3 Å². The molecule has 0 aromatic heterocycles. The van der Waals surface area contributed by atoms with Crippen molar-refractivity contribution in [1.82, 2.24) is 5.32 Å². The number of benzene rings is 2. The molecule has 108 valence electrons. The van der Waals surface area contributed by atoms with Crippen LogP contribution < -0.4 is 10.1 Å². The van der Waals surface area contributed by atoms with Gasteiger partial charge in [-0.2, -0.15) is 5.26 Å². The van der Waals surface area contributed by atoms with Crippen molar-refractivity contribution >= 4 is 0 Å². The monoisotopic (exact) mass is 280 g/mol. The van der Waals surface area contributed by atoms with Gasteiger partial charge in [0.1, 0.15) is 12.4 Å². The lowest BCUT2D eigenvalue weighted by Crippen LogP contribution is -2.22. The number of para-hydroxylation sites is 1. The Balaban J connectivity index is 2.08. The fourth-order valence-corrected chi connectivity index (χ4v) is 2.02. The number of nitrogens with one attached hydrogen (secondary N) is 1. The maximum absolute atomic E-state index is 9.10. The molecular formula is C18H20N2O. The van der Waals surface area contributed by atoms with Crippen molar-refractivity contribution in [1.29, 1.82) is 5.26 Å². The molecule has 0 spiro atoms. The summed E-state index contributed by atoms with van der Waals surface area (Å²) in [7, 11) is 0. The first kappa shape index (κ1) is 15.1. The minimum atomic E-state index is 0.405. The fourth-order valence-electron chi connectivity index (χ4n) is 2.02. The number of rotatable bonds is 6. The number of nitriles is 1. The van der Waals surface area contributed by atoms with Crippen LogP contribution in [-0.2, 0) is 13.2 Å². The summed E-state index contributed by atoms with van der Waals surface area (Å²) in [6.45, 7) is 5.41. The van der Waals surface area contributed by atoms with Crippen LogP contribution in [0.2, 0.25) is 0 Å². The highest BCUT2D eigenvalue weighted by molar-refractivity contribution is 5.38. The summed E-state index contributed by atoms with van der Waals surface area (Å²) < 4.78 is 5.91. The SMILES string of the molecule is CC(C)NCc1ccccc1OCc1ccccc1C#N. The molecule has 2 aromatic carbocycles. The lowest BCUT2D eigenvalue weighted by Gasteiger charge is -2.14. The van der Waals surface area contributed by atoms with Gasteiger partial charge in [-0.25, -0.2) is 0 Å². The zero-order chi connectivity index (χ0) is 15.1. The van der Waals surface area contributed by atoms with Gasteiger partial charge < -0.3 is 10.1 Å². The van der Waals surface area contributed by atoms with Gasteiger partial charge in [-0.15, -0.1) is 0 Å². The first-order valence-corrected chi connectivity index (χ1v) is 7.13. The van der Waals surface area contributed by atoms with Crippen LogP contribution >= 0.6 is 0 Å². The van der Waals surface area contributed by atoms with E-state index in [0.717, 1.165) is 23.4 Å². The minimum Gasteiger partial charge on any atom is -0.489 e. The molecule has 21 heavy (non-hydrogen) atoms. The van der Waals surface area contributed by atoms with Crippen LogP contribution in [0.3, 0.4) is 0 Å². The normalized spacial score (nSPS) is 10.4. The summed E-state index contributed by atoms with van der Waals surface area (Å²) in [6.07, 6.45) is 0. The Bertz CT molecular complexity index is 629. The van der Waals surface area contributed by atoms with Crippen molar-refractivity contribution < 1.29 is 4.74 Å². The Labute approximate surface area is 126 Å². The van der Waals surface area contributed by atoms with Gasteiger partial charge in [0.05, 0.1) is 11.6 Å². The lowest BCUT2D eigenvalue weighted by molar-refractivity contribution is 0.301. The van der Waals surface area contributed by atoms with E-state index in [9.17, 15) is 0 Å². The minimum absolute atomic E-state index is 0.405. The largest absolute Gasteiger partial charge is 0.489 e. The van der Waals surface area contributed by atoms with Crippen molar-refractivity contribution in [3.63, 3.8) is 0 Å². The molecule has 0 saturated heterocycles. The van der Waals surface area contributed by atoms with E-state index in [0.29, 0.717) is 18.2 Å². The van der Waals surface area contributed by atoms with Gasteiger partial charge >= 0.3 is 0 Å². The van der Waals surface area contributed by atoms with Gasteiger partial charge in [-0.3, -0.25) is 0 Å². The van der Waals surface area contributed by atoms with Crippen molar-refractivity contribution in [3.8, 4) is 11.8 Å². The van der Waals surface area contributed by atoms with E-state index >= 15 is 0 Å². The average molecular weight is 280 g/mol. The number of hydrogen-bond donors (Lipinski definition) is 1. The van der Waals surface area contributed by atoms with Gasteiger partial charge in [0.2, 0.25) is 0 Å². The van der Waals surface area contributed by atoms with E-state index in [-0.39, 0.29) is 0 Å². The number of nitrogens with zero attached hydrogens (tertiary/aromatic N) is 1. The maximum Gasteiger partial charge on any atom is 0.124 e.